The summed E-state index contributed by atoms with van der Waals surface area (Å²) in [6, 6.07) is 5.09. The Labute approximate surface area is 101 Å². The van der Waals surface area contributed by atoms with E-state index in [1.165, 1.54) is 18.2 Å². The summed E-state index contributed by atoms with van der Waals surface area (Å²) in [6.45, 7) is -1.88. The van der Waals surface area contributed by atoms with Crippen LogP contribution >= 0.6 is 0 Å². The molecule has 1 amide bonds. The van der Waals surface area contributed by atoms with Crippen molar-refractivity contribution in [2.45, 2.75) is 5.92 Å². The van der Waals surface area contributed by atoms with Gasteiger partial charge < -0.3 is 11.1 Å². The summed E-state index contributed by atoms with van der Waals surface area (Å²) in [5.41, 5.74) is 4.09. The molecule has 6 nitrogen and oxygen atoms in total. The number of halogens is 2. The summed E-state index contributed by atoms with van der Waals surface area (Å²) in [6.07, 6.45) is 0. The van der Waals surface area contributed by atoms with Crippen molar-refractivity contribution in [2.75, 3.05) is 13.1 Å². The van der Waals surface area contributed by atoms with E-state index in [4.69, 9.17) is 5.73 Å². The van der Waals surface area contributed by atoms with Crippen molar-refractivity contribution in [3.8, 4) is 0 Å². The maximum atomic E-state index is 12.8. The van der Waals surface area contributed by atoms with Crippen LogP contribution in [0.1, 0.15) is 10.4 Å². The quantitative estimate of drug-likeness (QED) is 0.606. The lowest BCUT2D eigenvalue weighted by atomic mass is 10.1. The number of nitrogens with one attached hydrogen (secondary N) is 1. The number of benzene rings is 1. The van der Waals surface area contributed by atoms with Crippen LogP contribution in [0.5, 0.6) is 0 Å². The molecule has 1 rings (SSSR count). The summed E-state index contributed by atoms with van der Waals surface area (Å²) in [5.74, 6) is -4.17. The molecule has 1 aromatic rings. The minimum atomic E-state index is -3.24. The highest BCUT2D eigenvalue weighted by molar-refractivity contribution is 5.98. The Morgan fingerprint density at radius 1 is 1.44 bits per heavy atom. The molecular weight excluding hydrogens is 248 g/mol. The van der Waals surface area contributed by atoms with Crippen LogP contribution in [0.3, 0.4) is 0 Å². The summed E-state index contributed by atoms with van der Waals surface area (Å²) >= 11 is 0. The third-order valence-electron chi connectivity index (χ3n) is 2.15. The summed E-state index contributed by atoms with van der Waals surface area (Å²) in [7, 11) is 0. The van der Waals surface area contributed by atoms with Crippen molar-refractivity contribution in [3.05, 3.63) is 39.9 Å². The van der Waals surface area contributed by atoms with Gasteiger partial charge in [0.05, 0.1) is 18.0 Å². The maximum Gasteiger partial charge on any atom is 0.282 e. The molecule has 3 N–H and O–H groups in total. The highest BCUT2D eigenvalue weighted by Crippen LogP contribution is 2.17. The van der Waals surface area contributed by atoms with E-state index in [-0.39, 0.29) is 5.56 Å². The van der Waals surface area contributed by atoms with E-state index in [0.29, 0.717) is 0 Å². The van der Waals surface area contributed by atoms with Gasteiger partial charge in [0.25, 0.3) is 17.5 Å². The highest BCUT2D eigenvalue weighted by atomic mass is 19.3. The van der Waals surface area contributed by atoms with E-state index in [9.17, 15) is 23.7 Å². The smallest absolute Gasteiger partial charge is 0.282 e. The number of nitrogens with zero attached hydrogens (tertiary/aromatic N) is 1. The Morgan fingerprint density at radius 3 is 2.61 bits per heavy atom. The number of hydrogen-bond donors (Lipinski definition) is 2. The van der Waals surface area contributed by atoms with E-state index < -0.39 is 35.5 Å². The topological polar surface area (TPSA) is 98.3 Å². The molecule has 0 radical (unpaired) electrons. The molecule has 0 aliphatic carbocycles. The normalized spacial score (nSPS) is 11.1. The van der Waals surface area contributed by atoms with Crippen molar-refractivity contribution in [3.63, 3.8) is 0 Å². The summed E-state index contributed by atoms with van der Waals surface area (Å²) in [4.78, 5) is 21.4. The summed E-state index contributed by atoms with van der Waals surface area (Å²) < 4.78 is 25.6. The second kappa shape index (κ2) is 5.50. The lowest BCUT2D eigenvalue weighted by molar-refractivity contribution is -0.385. The number of amides is 1. The van der Waals surface area contributed by atoms with Crippen LogP contribution in [0.2, 0.25) is 0 Å². The monoisotopic (exact) mass is 259 g/mol. The Bertz CT molecular complexity index is 465. The molecule has 8 heteroatoms. The first-order valence-corrected chi connectivity index (χ1v) is 4.97. The first-order chi connectivity index (χ1) is 8.37. The number of carbonyl (C=O) groups excluding carboxylic acids is 1. The second-order valence-electron chi connectivity index (χ2n) is 3.52. The van der Waals surface area contributed by atoms with Crippen LogP contribution in [0, 0.1) is 10.1 Å². The third kappa shape index (κ3) is 3.45. The predicted octanol–water partition coefficient (Wildman–Crippen LogP) is 0.919. The van der Waals surface area contributed by atoms with Gasteiger partial charge in [-0.3, -0.25) is 14.9 Å². The first kappa shape index (κ1) is 14.0. The van der Waals surface area contributed by atoms with Gasteiger partial charge in [0.15, 0.2) is 0 Å². The van der Waals surface area contributed by atoms with E-state index >= 15 is 0 Å². The minimum absolute atomic E-state index is 0.268. The number of rotatable bonds is 5. The van der Waals surface area contributed by atoms with Crippen molar-refractivity contribution < 1.29 is 18.5 Å². The fourth-order valence-corrected chi connectivity index (χ4v) is 1.20. The zero-order valence-corrected chi connectivity index (χ0v) is 9.23. The van der Waals surface area contributed by atoms with Gasteiger partial charge in [0, 0.05) is 6.07 Å². The first-order valence-electron chi connectivity index (χ1n) is 4.97. The molecule has 0 saturated heterocycles. The molecule has 0 aromatic heterocycles. The number of alkyl halides is 2. The Kier molecular flexibility index (Phi) is 4.27. The molecule has 0 fully saturated rings. The average Bonchev–Trinajstić information content (AvgIpc) is 2.36. The van der Waals surface area contributed by atoms with Gasteiger partial charge in [-0.05, 0) is 6.07 Å². The SMILES string of the molecule is NCC(F)(F)CNC(=O)c1ccccc1[N+](=O)[O-]. The predicted molar refractivity (Wildman–Crippen MR) is 59.4 cm³/mol. The van der Waals surface area contributed by atoms with Gasteiger partial charge >= 0.3 is 0 Å². The van der Waals surface area contributed by atoms with Crippen LogP contribution in [-0.4, -0.2) is 29.8 Å². The zero-order chi connectivity index (χ0) is 13.8. The molecular formula is C10H11F2N3O3. The van der Waals surface area contributed by atoms with E-state index in [2.05, 4.69) is 0 Å². The van der Waals surface area contributed by atoms with Crippen LogP contribution in [0.15, 0.2) is 24.3 Å². The molecule has 0 aliphatic heterocycles. The highest BCUT2D eigenvalue weighted by Gasteiger charge is 2.28. The molecule has 0 saturated carbocycles. The van der Waals surface area contributed by atoms with Gasteiger partial charge in [-0.2, -0.15) is 0 Å². The van der Waals surface area contributed by atoms with Crippen molar-refractivity contribution in [1.29, 1.82) is 0 Å². The van der Waals surface area contributed by atoms with E-state index in [0.717, 1.165) is 6.07 Å². The van der Waals surface area contributed by atoms with Gasteiger partial charge in [-0.1, -0.05) is 12.1 Å². The minimum Gasteiger partial charge on any atom is -0.346 e. The molecule has 1 aromatic carbocycles. The van der Waals surface area contributed by atoms with Crippen molar-refractivity contribution in [1.82, 2.24) is 5.32 Å². The van der Waals surface area contributed by atoms with Crippen molar-refractivity contribution >= 4 is 11.6 Å². The zero-order valence-electron chi connectivity index (χ0n) is 9.23. The number of carbonyl (C=O) groups is 1. The van der Waals surface area contributed by atoms with Crippen LogP contribution < -0.4 is 11.1 Å². The fourth-order valence-electron chi connectivity index (χ4n) is 1.20. The molecule has 0 spiro atoms. The van der Waals surface area contributed by atoms with Crippen LogP contribution in [-0.2, 0) is 0 Å². The van der Waals surface area contributed by atoms with Crippen LogP contribution in [0.25, 0.3) is 0 Å². The Hall–Kier alpha value is -2.09. The third-order valence-corrected chi connectivity index (χ3v) is 2.15. The van der Waals surface area contributed by atoms with Gasteiger partial charge in [0.1, 0.15) is 5.56 Å². The number of nitrogens with two attached hydrogens (primary N) is 1. The molecule has 0 heterocycles. The second-order valence-corrected chi connectivity index (χ2v) is 3.52. The standard InChI is InChI=1S/C10H11F2N3O3/c11-10(12,5-13)6-14-9(16)7-3-1-2-4-8(7)15(17)18/h1-4H,5-6,13H2,(H,14,16). The number of hydrogen-bond acceptors (Lipinski definition) is 4. The summed E-state index contributed by atoms with van der Waals surface area (Å²) in [5, 5.41) is 12.6. The molecule has 0 aliphatic rings. The lowest BCUT2D eigenvalue weighted by Crippen LogP contribution is -2.41. The number of para-hydroxylation sites is 1. The molecule has 0 unspecified atom stereocenters. The molecule has 98 valence electrons. The number of nitro groups is 1. The number of nitro benzene ring substituents is 1. The molecule has 18 heavy (non-hydrogen) atoms. The fraction of sp³-hybridized carbons (Fsp3) is 0.300. The largest absolute Gasteiger partial charge is 0.346 e. The van der Waals surface area contributed by atoms with Gasteiger partial charge in [-0.15, -0.1) is 0 Å². The maximum absolute atomic E-state index is 12.8. The molecule has 0 bridgehead atoms. The molecule has 0 atom stereocenters. The average molecular weight is 259 g/mol. The Morgan fingerprint density at radius 2 is 2.06 bits per heavy atom. The Balaban J connectivity index is 2.82. The lowest BCUT2D eigenvalue weighted by Gasteiger charge is -2.14. The van der Waals surface area contributed by atoms with E-state index in [1.807, 2.05) is 5.32 Å². The van der Waals surface area contributed by atoms with Crippen molar-refractivity contribution in [2.24, 2.45) is 5.73 Å². The van der Waals surface area contributed by atoms with E-state index in [1.54, 1.807) is 0 Å². The van der Waals surface area contributed by atoms with Gasteiger partial charge in [-0.25, -0.2) is 8.78 Å². The van der Waals surface area contributed by atoms with Crippen LogP contribution in [0.4, 0.5) is 14.5 Å². The van der Waals surface area contributed by atoms with Gasteiger partial charge in [0.2, 0.25) is 0 Å².